The van der Waals surface area contributed by atoms with Gasteiger partial charge in [0, 0.05) is 6.08 Å². The summed E-state index contributed by atoms with van der Waals surface area (Å²) in [5, 5.41) is 18.6. The van der Waals surface area contributed by atoms with E-state index in [-0.39, 0.29) is 10.8 Å². The van der Waals surface area contributed by atoms with Crippen LogP contribution in [0.1, 0.15) is 12.8 Å². The fraction of sp³-hybridized carbons (Fsp3) is 0.769. The Hall–Kier alpha value is -1.57. The number of halogens is 10. The molecule has 1 aliphatic carbocycles. The molecule has 1 saturated carbocycles. The topological polar surface area (TPSA) is 66.8 Å². The van der Waals surface area contributed by atoms with Crippen LogP contribution in [0.15, 0.2) is 12.7 Å². The lowest BCUT2D eigenvalue weighted by Crippen LogP contribution is -2.74. The fourth-order valence-corrected chi connectivity index (χ4v) is 2.46. The van der Waals surface area contributed by atoms with E-state index in [1.54, 1.807) is 0 Å². The molecule has 0 aromatic carbocycles. The molecule has 1 fully saturated rings. The second-order valence-electron chi connectivity index (χ2n) is 5.88. The summed E-state index contributed by atoms with van der Waals surface area (Å²) in [7, 11) is 0. The van der Waals surface area contributed by atoms with E-state index in [9.17, 15) is 49.4 Å². The average molecular weight is 424 g/mol. The van der Waals surface area contributed by atoms with Crippen molar-refractivity contribution in [3.05, 3.63) is 12.7 Å². The maximum atomic E-state index is 14.5. The van der Waals surface area contributed by atoms with Gasteiger partial charge in [-0.1, -0.05) is 6.58 Å². The molecule has 0 saturated heterocycles. The van der Waals surface area contributed by atoms with Gasteiger partial charge in [-0.05, 0) is 0 Å². The van der Waals surface area contributed by atoms with Crippen LogP contribution in [0.3, 0.4) is 0 Å². The van der Waals surface area contributed by atoms with Crippen LogP contribution in [0.2, 0.25) is 0 Å². The predicted molar refractivity (Wildman–Crippen MR) is 68.6 cm³/mol. The van der Waals surface area contributed by atoms with Crippen molar-refractivity contribution in [2.24, 2.45) is 0 Å². The van der Waals surface area contributed by atoms with Crippen LogP contribution in [-0.2, 0) is 9.53 Å². The van der Waals surface area contributed by atoms with Crippen LogP contribution in [0.5, 0.6) is 0 Å². The van der Waals surface area contributed by atoms with Crippen LogP contribution in [0, 0.1) is 0 Å². The van der Waals surface area contributed by atoms with Crippen LogP contribution < -0.4 is 0 Å². The first kappa shape index (κ1) is 25.4. The molecule has 0 spiro atoms. The lowest BCUT2D eigenvalue weighted by molar-refractivity contribution is -0.403. The van der Waals surface area contributed by atoms with Crippen molar-refractivity contribution in [2.75, 3.05) is 13.3 Å². The lowest BCUT2D eigenvalue weighted by Gasteiger charge is -2.50. The first-order valence-electron chi connectivity index (χ1n) is 6.74. The van der Waals surface area contributed by atoms with Crippen molar-refractivity contribution in [2.45, 2.75) is 47.7 Å². The Morgan fingerprint density at radius 3 is 1.81 bits per heavy atom. The number of esters is 1. The SMILES string of the molecule is C=CC(=O)OC1(F)CC(F)(CF)C(F)(F)C(O)(CF)CC(O)(F)C1(F)F.F. The van der Waals surface area contributed by atoms with E-state index in [1.165, 1.54) is 0 Å². The zero-order chi connectivity index (χ0) is 20.8. The third-order valence-electron chi connectivity index (χ3n) is 3.99. The molecule has 4 atom stereocenters. The Kier molecular flexibility index (Phi) is 6.70. The molecule has 0 amide bonds. The number of ether oxygens (including phenoxy) is 1. The van der Waals surface area contributed by atoms with Gasteiger partial charge in [-0.15, -0.1) is 0 Å². The van der Waals surface area contributed by atoms with Gasteiger partial charge in [-0.2, -0.15) is 22.0 Å². The fourth-order valence-electron chi connectivity index (χ4n) is 2.46. The Bertz CT molecular complexity index is 585. The van der Waals surface area contributed by atoms with Crippen LogP contribution in [0.25, 0.3) is 0 Å². The van der Waals surface area contributed by atoms with Gasteiger partial charge >= 0.3 is 23.7 Å². The van der Waals surface area contributed by atoms with E-state index in [0.717, 1.165) is 0 Å². The molecular weight excluding hydrogens is 410 g/mol. The third-order valence-corrected chi connectivity index (χ3v) is 3.99. The summed E-state index contributed by atoms with van der Waals surface area (Å²) in [6, 6.07) is 0. The van der Waals surface area contributed by atoms with Crippen molar-refractivity contribution in [3.63, 3.8) is 0 Å². The Labute approximate surface area is 145 Å². The second kappa shape index (κ2) is 7.11. The summed E-state index contributed by atoms with van der Waals surface area (Å²) in [6.07, 6.45) is -6.04. The third kappa shape index (κ3) is 3.48. The van der Waals surface area contributed by atoms with Crippen molar-refractivity contribution >= 4 is 5.97 Å². The van der Waals surface area contributed by atoms with Crippen molar-refractivity contribution < 1.29 is 64.0 Å². The summed E-state index contributed by atoms with van der Waals surface area (Å²) in [5.41, 5.74) is -9.74. The highest BCUT2D eigenvalue weighted by molar-refractivity contribution is 5.81. The highest BCUT2D eigenvalue weighted by Gasteiger charge is 2.82. The maximum absolute atomic E-state index is 14.5. The minimum absolute atomic E-state index is 0. The zero-order valence-corrected chi connectivity index (χ0v) is 13.1. The van der Waals surface area contributed by atoms with Gasteiger partial charge in [-0.25, -0.2) is 22.4 Å². The first-order chi connectivity index (χ1) is 11.5. The number of aliphatic hydroxyl groups is 2. The Balaban J connectivity index is 0.00000676. The molecule has 0 aromatic rings. The Morgan fingerprint density at radius 2 is 1.44 bits per heavy atom. The smallest absolute Gasteiger partial charge is 0.373 e. The zero-order valence-electron chi connectivity index (χ0n) is 13.1. The molecule has 1 aliphatic rings. The minimum Gasteiger partial charge on any atom is -0.418 e. The molecule has 0 heterocycles. The van der Waals surface area contributed by atoms with Crippen LogP contribution in [-0.4, -0.2) is 64.4 Å². The normalized spacial score (nSPS) is 40.9. The summed E-state index contributed by atoms with van der Waals surface area (Å²) in [5.74, 6) is -24.7. The highest BCUT2D eigenvalue weighted by atomic mass is 19.3. The Morgan fingerprint density at radius 1 is 0.963 bits per heavy atom. The molecule has 0 aromatic heterocycles. The molecule has 4 unspecified atom stereocenters. The van der Waals surface area contributed by atoms with E-state index in [4.69, 9.17) is 5.11 Å². The predicted octanol–water partition coefficient (Wildman–Crippen LogP) is 2.63. The van der Waals surface area contributed by atoms with Gasteiger partial charge in [0.15, 0.2) is 5.60 Å². The largest absolute Gasteiger partial charge is 0.418 e. The molecule has 0 aliphatic heterocycles. The van der Waals surface area contributed by atoms with Gasteiger partial charge in [0.05, 0.1) is 12.8 Å². The minimum atomic E-state index is -6.02. The summed E-state index contributed by atoms with van der Waals surface area (Å²) in [6.45, 7) is -3.11. The molecular formula is C13H14F10O4. The number of carbonyl (C=O) groups is 1. The molecule has 27 heavy (non-hydrogen) atoms. The van der Waals surface area contributed by atoms with Crippen LogP contribution in [0.4, 0.5) is 44.2 Å². The summed E-state index contributed by atoms with van der Waals surface area (Å²) in [4.78, 5) is 11.0. The van der Waals surface area contributed by atoms with Gasteiger partial charge < -0.3 is 14.9 Å². The molecule has 0 radical (unpaired) electrons. The van der Waals surface area contributed by atoms with Gasteiger partial charge in [-0.3, -0.25) is 4.70 Å². The van der Waals surface area contributed by atoms with E-state index < -0.39 is 67.0 Å². The summed E-state index contributed by atoms with van der Waals surface area (Å²) >= 11 is 0. The molecule has 160 valence electrons. The molecule has 0 bridgehead atoms. The number of hydrogen-bond acceptors (Lipinski definition) is 4. The average Bonchev–Trinajstić information content (AvgIpc) is 2.52. The lowest BCUT2D eigenvalue weighted by atomic mass is 9.72. The molecule has 4 nitrogen and oxygen atoms in total. The second-order valence-corrected chi connectivity index (χ2v) is 5.88. The number of alkyl halides is 9. The molecule has 14 heteroatoms. The number of hydrogen-bond donors (Lipinski definition) is 2. The van der Waals surface area contributed by atoms with Crippen LogP contribution >= 0.6 is 0 Å². The van der Waals surface area contributed by atoms with E-state index in [2.05, 4.69) is 11.3 Å². The van der Waals surface area contributed by atoms with Gasteiger partial charge in [0.1, 0.15) is 13.3 Å². The van der Waals surface area contributed by atoms with Gasteiger partial charge in [0.25, 0.3) is 5.85 Å². The standard InChI is InChI=1S/C13H13F9O4.FH/c1-2-7(23)26-11(18)3-8(16,5-14)12(19,20)9(24,6-15)4-10(17,25)13(11,21)22;/h2,24-25H,1,3-6H2;1H. The quantitative estimate of drug-likeness (QED) is 0.414. The van der Waals surface area contributed by atoms with Crippen molar-refractivity contribution in [1.82, 2.24) is 0 Å². The first-order valence-corrected chi connectivity index (χ1v) is 6.74. The van der Waals surface area contributed by atoms with E-state index >= 15 is 0 Å². The van der Waals surface area contributed by atoms with Gasteiger partial charge in [0.2, 0.25) is 5.67 Å². The van der Waals surface area contributed by atoms with E-state index in [0.29, 0.717) is 0 Å². The number of rotatable bonds is 4. The summed E-state index contributed by atoms with van der Waals surface area (Å²) < 4.78 is 129. The molecule has 1 rings (SSSR count). The highest BCUT2D eigenvalue weighted by Crippen LogP contribution is 2.58. The molecule has 2 N–H and O–H groups in total. The monoisotopic (exact) mass is 424 g/mol. The maximum Gasteiger partial charge on any atom is 0.373 e. The van der Waals surface area contributed by atoms with Crippen molar-refractivity contribution in [1.29, 1.82) is 0 Å². The number of carbonyl (C=O) groups excluding carboxylic acids is 1. The van der Waals surface area contributed by atoms with Crippen molar-refractivity contribution in [3.8, 4) is 0 Å². The van der Waals surface area contributed by atoms with E-state index in [1.807, 2.05) is 0 Å².